The molecule has 1 unspecified atom stereocenters. The molecule has 1 atom stereocenters. The lowest BCUT2D eigenvalue weighted by Gasteiger charge is -2.23. The molecule has 84 valence electrons. The zero-order valence-corrected chi connectivity index (χ0v) is 8.90. The van der Waals surface area contributed by atoms with Crippen LogP contribution in [0.25, 0.3) is 0 Å². The Morgan fingerprint density at radius 1 is 1.57 bits per heavy atom. The lowest BCUT2D eigenvalue weighted by molar-refractivity contribution is -0.121. The van der Waals surface area contributed by atoms with E-state index in [-0.39, 0.29) is 18.4 Å². The summed E-state index contributed by atoms with van der Waals surface area (Å²) < 4.78 is 4.92. The van der Waals surface area contributed by atoms with E-state index in [1.807, 2.05) is 4.90 Å². The van der Waals surface area contributed by atoms with Crippen LogP contribution in [0.2, 0.25) is 0 Å². The molecule has 14 heavy (non-hydrogen) atoms. The Morgan fingerprint density at radius 2 is 2.21 bits per heavy atom. The predicted octanol–water partition coefficient (Wildman–Crippen LogP) is -0.951. The Bertz CT molecular complexity index is 164. The van der Waals surface area contributed by atoms with Crippen molar-refractivity contribution in [1.82, 2.24) is 4.90 Å². The number of amides is 1. The van der Waals surface area contributed by atoms with Gasteiger partial charge in [0, 0.05) is 32.7 Å². The van der Waals surface area contributed by atoms with Crippen molar-refractivity contribution >= 4 is 5.91 Å². The quantitative estimate of drug-likeness (QED) is 0.534. The SMILES string of the molecule is COCCN(CCO)CC(C)C(N)=O. The summed E-state index contributed by atoms with van der Waals surface area (Å²) in [6.07, 6.45) is 0. The minimum Gasteiger partial charge on any atom is -0.395 e. The van der Waals surface area contributed by atoms with Crippen molar-refractivity contribution in [3.05, 3.63) is 0 Å². The monoisotopic (exact) mass is 204 g/mol. The zero-order chi connectivity index (χ0) is 11.0. The zero-order valence-electron chi connectivity index (χ0n) is 8.90. The molecule has 0 aromatic rings. The van der Waals surface area contributed by atoms with Gasteiger partial charge in [-0.05, 0) is 0 Å². The lowest BCUT2D eigenvalue weighted by Crippen LogP contribution is -2.38. The highest BCUT2D eigenvalue weighted by Crippen LogP contribution is 1.98. The summed E-state index contributed by atoms with van der Waals surface area (Å²) in [7, 11) is 1.62. The molecular formula is C9H20N2O3. The molecule has 1 amide bonds. The van der Waals surface area contributed by atoms with Crippen LogP contribution in [0.5, 0.6) is 0 Å². The number of ether oxygens (including phenoxy) is 1. The van der Waals surface area contributed by atoms with Crippen molar-refractivity contribution in [2.24, 2.45) is 11.7 Å². The molecule has 3 N–H and O–H groups in total. The first-order chi connectivity index (χ1) is 6.61. The first kappa shape index (κ1) is 13.4. The number of nitrogens with zero attached hydrogens (tertiary/aromatic N) is 1. The topological polar surface area (TPSA) is 75.8 Å². The molecule has 0 aromatic heterocycles. The van der Waals surface area contributed by atoms with Gasteiger partial charge in [0.05, 0.1) is 13.2 Å². The van der Waals surface area contributed by atoms with Crippen molar-refractivity contribution in [2.45, 2.75) is 6.92 Å². The third-order valence-corrected chi connectivity index (χ3v) is 2.05. The highest BCUT2D eigenvalue weighted by Gasteiger charge is 2.13. The number of hydrogen-bond acceptors (Lipinski definition) is 4. The highest BCUT2D eigenvalue weighted by atomic mass is 16.5. The van der Waals surface area contributed by atoms with Crippen molar-refractivity contribution < 1.29 is 14.6 Å². The van der Waals surface area contributed by atoms with Gasteiger partial charge in [-0.1, -0.05) is 6.92 Å². The van der Waals surface area contributed by atoms with Gasteiger partial charge in [0.25, 0.3) is 0 Å². The van der Waals surface area contributed by atoms with Crippen molar-refractivity contribution in [2.75, 3.05) is 40.0 Å². The van der Waals surface area contributed by atoms with Gasteiger partial charge in [-0.2, -0.15) is 0 Å². The number of aliphatic hydroxyl groups excluding tert-OH is 1. The molecule has 5 nitrogen and oxygen atoms in total. The van der Waals surface area contributed by atoms with Crippen LogP contribution in [0.1, 0.15) is 6.92 Å². The molecule has 0 aliphatic carbocycles. The van der Waals surface area contributed by atoms with Gasteiger partial charge in [0.15, 0.2) is 0 Å². The van der Waals surface area contributed by atoms with E-state index in [9.17, 15) is 4.79 Å². The third-order valence-electron chi connectivity index (χ3n) is 2.05. The molecule has 5 heteroatoms. The van der Waals surface area contributed by atoms with Gasteiger partial charge in [-0.15, -0.1) is 0 Å². The van der Waals surface area contributed by atoms with Crippen LogP contribution in [-0.4, -0.2) is 55.9 Å². The van der Waals surface area contributed by atoms with Crippen LogP contribution < -0.4 is 5.73 Å². The van der Waals surface area contributed by atoms with Gasteiger partial charge in [-0.3, -0.25) is 9.69 Å². The number of hydrogen-bond donors (Lipinski definition) is 2. The number of carbonyl (C=O) groups is 1. The summed E-state index contributed by atoms with van der Waals surface area (Å²) in [5, 5.41) is 8.79. The van der Waals surface area contributed by atoms with E-state index in [0.29, 0.717) is 26.2 Å². The predicted molar refractivity (Wildman–Crippen MR) is 53.8 cm³/mol. The second kappa shape index (κ2) is 7.73. The maximum absolute atomic E-state index is 10.8. The molecule has 0 rings (SSSR count). The molecule has 0 aliphatic rings. The summed E-state index contributed by atoms with van der Waals surface area (Å²) in [4.78, 5) is 12.8. The average molecular weight is 204 g/mol. The van der Waals surface area contributed by atoms with Crippen molar-refractivity contribution in [1.29, 1.82) is 0 Å². The summed E-state index contributed by atoms with van der Waals surface area (Å²) in [5.41, 5.74) is 5.15. The fourth-order valence-corrected chi connectivity index (χ4v) is 1.13. The van der Waals surface area contributed by atoms with Crippen LogP contribution >= 0.6 is 0 Å². The average Bonchev–Trinajstić information content (AvgIpc) is 2.14. The molecule has 0 saturated carbocycles. The number of methoxy groups -OCH3 is 1. The Hall–Kier alpha value is -0.650. The normalized spacial score (nSPS) is 13.1. The maximum Gasteiger partial charge on any atom is 0.221 e. The summed E-state index contributed by atoms with van der Waals surface area (Å²) in [6, 6.07) is 0. The second-order valence-electron chi connectivity index (χ2n) is 3.32. The fourth-order valence-electron chi connectivity index (χ4n) is 1.13. The van der Waals surface area contributed by atoms with E-state index in [1.165, 1.54) is 0 Å². The smallest absolute Gasteiger partial charge is 0.221 e. The maximum atomic E-state index is 10.8. The molecule has 0 aromatic carbocycles. The fraction of sp³-hybridized carbons (Fsp3) is 0.889. The Labute approximate surface area is 84.8 Å². The highest BCUT2D eigenvalue weighted by molar-refractivity contribution is 5.76. The molecule has 0 aliphatic heterocycles. The van der Waals surface area contributed by atoms with Crippen LogP contribution in [0.4, 0.5) is 0 Å². The van der Waals surface area contributed by atoms with Crippen LogP contribution in [0.3, 0.4) is 0 Å². The van der Waals surface area contributed by atoms with Crippen LogP contribution in [0, 0.1) is 5.92 Å². The van der Waals surface area contributed by atoms with Gasteiger partial charge in [0.2, 0.25) is 5.91 Å². The molecule has 0 radical (unpaired) electrons. The first-order valence-corrected chi connectivity index (χ1v) is 4.73. The van der Waals surface area contributed by atoms with E-state index in [4.69, 9.17) is 15.6 Å². The number of rotatable bonds is 8. The summed E-state index contributed by atoms with van der Waals surface area (Å²) in [6.45, 7) is 4.26. The number of carbonyl (C=O) groups excluding carboxylic acids is 1. The van der Waals surface area contributed by atoms with Crippen LogP contribution in [0.15, 0.2) is 0 Å². The van der Waals surface area contributed by atoms with Crippen LogP contribution in [-0.2, 0) is 9.53 Å². The third kappa shape index (κ3) is 5.90. The minimum absolute atomic E-state index is 0.0786. The Morgan fingerprint density at radius 3 is 2.64 bits per heavy atom. The number of primary amides is 1. The van der Waals surface area contributed by atoms with E-state index in [0.717, 1.165) is 0 Å². The van der Waals surface area contributed by atoms with Gasteiger partial charge < -0.3 is 15.6 Å². The Balaban J connectivity index is 3.87. The lowest BCUT2D eigenvalue weighted by atomic mass is 10.1. The molecule has 0 spiro atoms. The number of aliphatic hydroxyl groups is 1. The number of nitrogens with two attached hydrogens (primary N) is 1. The van der Waals surface area contributed by atoms with E-state index < -0.39 is 0 Å². The van der Waals surface area contributed by atoms with Crippen molar-refractivity contribution in [3.8, 4) is 0 Å². The van der Waals surface area contributed by atoms with Gasteiger partial charge >= 0.3 is 0 Å². The molecule has 0 bridgehead atoms. The van der Waals surface area contributed by atoms with E-state index in [1.54, 1.807) is 14.0 Å². The molecular weight excluding hydrogens is 184 g/mol. The van der Waals surface area contributed by atoms with Gasteiger partial charge in [0.1, 0.15) is 0 Å². The largest absolute Gasteiger partial charge is 0.395 e. The Kier molecular flexibility index (Phi) is 7.37. The summed E-state index contributed by atoms with van der Waals surface area (Å²) >= 11 is 0. The first-order valence-electron chi connectivity index (χ1n) is 4.73. The summed E-state index contributed by atoms with van der Waals surface area (Å²) in [5.74, 6) is -0.510. The molecule has 0 fully saturated rings. The van der Waals surface area contributed by atoms with E-state index >= 15 is 0 Å². The standard InChI is InChI=1S/C9H20N2O3/c1-8(9(10)13)7-11(3-5-12)4-6-14-2/h8,12H,3-7H2,1-2H3,(H2,10,13). The van der Waals surface area contributed by atoms with Gasteiger partial charge in [-0.25, -0.2) is 0 Å². The molecule has 0 saturated heterocycles. The molecule has 0 heterocycles. The minimum atomic E-state index is -0.314. The second-order valence-corrected chi connectivity index (χ2v) is 3.32. The van der Waals surface area contributed by atoms with E-state index in [2.05, 4.69) is 0 Å². The van der Waals surface area contributed by atoms with Crippen molar-refractivity contribution in [3.63, 3.8) is 0 Å².